The lowest BCUT2D eigenvalue weighted by molar-refractivity contribution is 0.769. The summed E-state index contributed by atoms with van der Waals surface area (Å²) < 4.78 is 2.13. The predicted molar refractivity (Wildman–Crippen MR) is 94.9 cm³/mol. The number of aromatic nitrogens is 3. The van der Waals surface area contributed by atoms with Crippen LogP contribution in [0, 0.1) is 5.41 Å². The van der Waals surface area contributed by atoms with Crippen LogP contribution in [0.15, 0.2) is 30.5 Å². The van der Waals surface area contributed by atoms with E-state index in [0.29, 0.717) is 10.0 Å². The first-order valence-corrected chi connectivity index (χ1v) is 8.49. The number of nitrogens with zero attached hydrogens (tertiary/aromatic N) is 3. The molecular weight excluding hydrogens is 345 g/mol. The average Bonchev–Trinajstić information content (AvgIpc) is 3.04. The van der Waals surface area contributed by atoms with E-state index in [4.69, 9.17) is 28.6 Å². The molecule has 122 valence electrons. The van der Waals surface area contributed by atoms with Crippen LogP contribution in [0.1, 0.15) is 11.1 Å². The molecule has 0 saturated carbocycles. The zero-order valence-electron chi connectivity index (χ0n) is 12.8. The second-order valence-corrected chi connectivity index (χ2v) is 6.65. The molecular formula is C17H15Cl2N5. The van der Waals surface area contributed by atoms with Gasteiger partial charge in [-0.15, -0.1) is 0 Å². The summed E-state index contributed by atoms with van der Waals surface area (Å²) in [5.41, 5.74) is 3.28. The van der Waals surface area contributed by atoms with E-state index in [1.807, 2.05) is 12.1 Å². The Labute approximate surface area is 149 Å². The minimum Gasteiger partial charge on any atom is -0.369 e. The molecule has 0 radical (unpaired) electrons. The third kappa shape index (κ3) is 2.74. The Morgan fingerprint density at radius 3 is 2.83 bits per heavy atom. The van der Waals surface area contributed by atoms with Crippen LogP contribution in [-0.4, -0.2) is 21.1 Å². The fourth-order valence-electron chi connectivity index (χ4n) is 3.13. The number of hydrogen-bond donors (Lipinski definition) is 2. The molecule has 0 unspecified atom stereocenters. The highest BCUT2D eigenvalue weighted by atomic mass is 35.5. The number of benzene rings is 1. The second-order valence-electron chi connectivity index (χ2n) is 5.80. The van der Waals surface area contributed by atoms with Crippen LogP contribution in [0.25, 0.3) is 11.4 Å². The van der Waals surface area contributed by atoms with Gasteiger partial charge in [0.25, 0.3) is 0 Å². The van der Waals surface area contributed by atoms with Gasteiger partial charge in [-0.25, -0.2) is 4.98 Å². The van der Waals surface area contributed by atoms with Crippen molar-refractivity contribution in [3.8, 4) is 11.4 Å². The summed E-state index contributed by atoms with van der Waals surface area (Å²) in [4.78, 5) is 8.28. The van der Waals surface area contributed by atoms with Crippen LogP contribution in [-0.2, 0) is 19.4 Å². The van der Waals surface area contributed by atoms with E-state index in [2.05, 4.69) is 25.9 Å². The first-order valence-electron chi connectivity index (χ1n) is 7.74. The van der Waals surface area contributed by atoms with Crippen LogP contribution < -0.4 is 10.9 Å². The van der Waals surface area contributed by atoms with Crippen molar-refractivity contribution in [3.63, 3.8) is 0 Å². The van der Waals surface area contributed by atoms with Gasteiger partial charge in [0.05, 0.1) is 0 Å². The van der Waals surface area contributed by atoms with Crippen molar-refractivity contribution in [2.45, 2.75) is 19.4 Å². The fourth-order valence-corrected chi connectivity index (χ4v) is 3.64. The fraction of sp³-hybridized carbons (Fsp3) is 0.235. The van der Waals surface area contributed by atoms with Gasteiger partial charge < -0.3 is 9.88 Å². The number of fused-ring (bicyclic) bond motifs is 3. The van der Waals surface area contributed by atoms with Gasteiger partial charge in [-0.1, -0.05) is 29.3 Å². The first-order chi connectivity index (χ1) is 11.6. The minimum atomic E-state index is 0.0461. The minimum absolute atomic E-state index is 0.0461. The normalized spacial score (nSPS) is 13.1. The molecule has 7 heteroatoms. The molecule has 0 aliphatic carbocycles. The number of nitrogens with one attached hydrogen (secondary N) is 2. The van der Waals surface area contributed by atoms with E-state index >= 15 is 0 Å². The maximum atomic E-state index is 7.65. The van der Waals surface area contributed by atoms with Gasteiger partial charge in [0.2, 0.25) is 5.62 Å². The zero-order valence-corrected chi connectivity index (χ0v) is 14.3. The summed E-state index contributed by atoms with van der Waals surface area (Å²) in [5.74, 6) is 1.88. The van der Waals surface area contributed by atoms with E-state index in [1.54, 1.807) is 12.3 Å². The van der Waals surface area contributed by atoms with E-state index in [9.17, 15) is 0 Å². The first kappa shape index (κ1) is 15.4. The van der Waals surface area contributed by atoms with Crippen molar-refractivity contribution in [2.24, 2.45) is 0 Å². The predicted octanol–water partition coefficient (Wildman–Crippen LogP) is 3.38. The van der Waals surface area contributed by atoms with Gasteiger partial charge in [-0.3, -0.25) is 5.41 Å². The molecule has 0 atom stereocenters. The molecule has 3 aliphatic rings. The molecule has 0 amide bonds. The number of anilines is 1. The summed E-state index contributed by atoms with van der Waals surface area (Å²) >= 11 is 12.2. The summed E-state index contributed by atoms with van der Waals surface area (Å²) in [7, 11) is 0. The van der Waals surface area contributed by atoms with Gasteiger partial charge in [-0.2, -0.15) is 4.98 Å². The van der Waals surface area contributed by atoms with Gasteiger partial charge in [0.15, 0.2) is 0 Å². The highest BCUT2D eigenvalue weighted by Crippen LogP contribution is 2.31. The molecule has 1 aromatic rings. The highest BCUT2D eigenvalue weighted by molar-refractivity contribution is 6.35. The molecule has 3 aliphatic heterocycles. The molecule has 4 rings (SSSR count). The quantitative estimate of drug-likeness (QED) is 0.753. The van der Waals surface area contributed by atoms with Crippen molar-refractivity contribution in [1.29, 1.82) is 5.41 Å². The van der Waals surface area contributed by atoms with E-state index in [1.165, 1.54) is 5.56 Å². The van der Waals surface area contributed by atoms with Crippen molar-refractivity contribution in [2.75, 3.05) is 11.9 Å². The summed E-state index contributed by atoms with van der Waals surface area (Å²) in [5, 5.41) is 12.4. The van der Waals surface area contributed by atoms with Gasteiger partial charge in [0, 0.05) is 34.9 Å². The van der Waals surface area contributed by atoms with Crippen LogP contribution >= 0.6 is 23.2 Å². The smallest absolute Gasteiger partial charge is 0.243 e. The molecule has 24 heavy (non-hydrogen) atoms. The Hall–Kier alpha value is -2.11. The van der Waals surface area contributed by atoms with Crippen molar-refractivity contribution in [3.05, 3.63) is 57.3 Å². The zero-order chi connectivity index (χ0) is 16.7. The lowest BCUT2D eigenvalue weighted by Crippen LogP contribution is -2.16. The average molecular weight is 360 g/mol. The molecule has 0 aromatic heterocycles. The van der Waals surface area contributed by atoms with Crippen molar-refractivity contribution < 1.29 is 0 Å². The molecule has 0 spiro atoms. The Morgan fingerprint density at radius 1 is 1.17 bits per heavy atom. The largest absolute Gasteiger partial charge is 0.369 e. The van der Waals surface area contributed by atoms with E-state index < -0.39 is 0 Å². The third-order valence-electron chi connectivity index (χ3n) is 4.26. The molecule has 5 nitrogen and oxygen atoms in total. The lowest BCUT2D eigenvalue weighted by atomic mass is 10.0. The number of aryl methyl sites for hydroxylation is 2. The Morgan fingerprint density at radius 2 is 2.00 bits per heavy atom. The number of pyridine rings is 1. The molecule has 0 saturated heterocycles. The lowest BCUT2D eigenvalue weighted by Gasteiger charge is -2.17. The van der Waals surface area contributed by atoms with Gasteiger partial charge in [0.1, 0.15) is 11.6 Å². The van der Waals surface area contributed by atoms with Crippen molar-refractivity contribution >= 4 is 29.0 Å². The molecule has 3 heterocycles. The van der Waals surface area contributed by atoms with Gasteiger partial charge >= 0.3 is 0 Å². The molecule has 0 bridgehead atoms. The highest BCUT2D eigenvalue weighted by Gasteiger charge is 2.21. The number of rotatable bonds is 3. The standard InChI is InChI=1S/C17H15Cl2N5/c18-13-4-3-10(14(19)8-13)1-2-11-7-12-9-22-17(20)23-16(12)24-6-5-21-15(11)24/h3-4,7-9,20-21H,1-2,5-6H2. The summed E-state index contributed by atoms with van der Waals surface area (Å²) in [6.07, 6.45) is 3.39. The van der Waals surface area contributed by atoms with Crippen LogP contribution in [0.4, 0.5) is 5.82 Å². The van der Waals surface area contributed by atoms with Crippen molar-refractivity contribution in [1.82, 2.24) is 14.5 Å². The SMILES string of the molecule is N=c1ncc2cc(CCc3ccc(Cl)cc3Cl)c3n(c-2n1)CCN3. The Bertz CT molecular complexity index is 950. The molecule has 0 fully saturated rings. The van der Waals surface area contributed by atoms with E-state index in [0.717, 1.165) is 48.7 Å². The number of halogens is 2. The molecule has 2 N–H and O–H groups in total. The summed E-state index contributed by atoms with van der Waals surface area (Å²) in [6, 6.07) is 7.72. The van der Waals surface area contributed by atoms with Crippen LogP contribution in [0.3, 0.4) is 0 Å². The van der Waals surface area contributed by atoms with Crippen LogP contribution in [0.2, 0.25) is 10.0 Å². The molecule has 1 aromatic carbocycles. The third-order valence-corrected chi connectivity index (χ3v) is 4.85. The van der Waals surface area contributed by atoms with Gasteiger partial charge in [-0.05, 0) is 42.2 Å². The maximum Gasteiger partial charge on any atom is 0.243 e. The topological polar surface area (TPSA) is 66.6 Å². The van der Waals surface area contributed by atoms with Crippen LogP contribution in [0.5, 0.6) is 0 Å². The van der Waals surface area contributed by atoms with E-state index in [-0.39, 0.29) is 5.62 Å². The monoisotopic (exact) mass is 359 g/mol. The maximum absolute atomic E-state index is 7.65. The number of hydrogen-bond acceptors (Lipinski definition) is 4. The Kier molecular flexibility index (Phi) is 3.90. The Balaban J connectivity index is 1.71. The summed E-state index contributed by atoms with van der Waals surface area (Å²) in [6.45, 7) is 1.71. The second kappa shape index (κ2) is 6.07.